The third-order valence-corrected chi connectivity index (χ3v) is 6.27. The Kier molecular flexibility index (Phi) is 4.46. The third-order valence-electron chi connectivity index (χ3n) is 4.49. The Bertz CT molecular complexity index is 470. The van der Waals surface area contributed by atoms with Crippen LogP contribution in [0.2, 0.25) is 0 Å². The van der Waals surface area contributed by atoms with E-state index in [0.717, 1.165) is 12.8 Å². The first-order valence-electron chi connectivity index (χ1n) is 7.04. The number of rotatable bonds is 4. The molecule has 1 aliphatic rings. The molecule has 0 amide bonds. The van der Waals surface area contributed by atoms with Crippen LogP contribution in [0.25, 0.3) is 0 Å². The summed E-state index contributed by atoms with van der Waals surface area (Å²) >= 11 is 0. The largest absolute Gasteiger partial charge is 0.315 e. The van der Waals surface area contributed by atoms with E-state index in [4.69, 9.17) is 0 Å². The predicted molar refractivity (Wildman–Crippen MR) is 82.7 cm³/mol. The molecule has 2 rings (SSSR count). The van der Waals surface area contributed by atoms with Crippen LogP contribution in [0.5, 0.6) is 0 Å². The molecule has 1 saturated carbocycles. The van der Waals surface area contributed by atoms with Gasteiger partial charge in [0.05, 0.1) is 5.25 Å². The van der Waals surface area contributed by atoms with E-state index in [0.29, 0.717) is 11.8 Å². The lowest BCUT2D eigenvalue weighted by Gasteiger charge is -2.30. The summed E-state index contributed by atoms with van der Waals surface area (Å²) in [6.07, 6.45) is 2.22. The molecule has 0 aromatic heterocycles. The van der Waals surface area contributed by atoms with Crippen molar-refractivity contribution in [3.05, 3.63) is 35.4 Å². The van der Waals surface area contributed by atoms with E-state index < -0.39 is 10.8 Å². The van der Waals surface area contributed by atoms with Crippen molar-refractivity contribution in [1.82, 2.24) is 5.32 Å². The van der Waals surface area contributed by atoms with Crippen molar-refractivity contribution in [1.29, 1.82) is 0 Å². The molecule has 106 valence electrons. The summed E-state index contributed by atoms with van der Waals surface area (Å²) in [5, 5.41) is 3.67. The Hall–Kier alpha value is -0.670. The highest BCUT2D eigenvalue weighted by molar-refractivity contribution is 7.84. The van der Waals surface area contributed by atoms with Gasteiger partial charge in [0.1, 0.15) is 0 Å². The second-order valence-corrected chi connectivity index (χ2v) is 7.94. The molecule has 0 aliphatic heterocycles. The van der Waals surface area contributed by atoms with Crippen molar-refractivity contribution >= 4 is 10.8 Å². The molecule has 0 bridgehead atoms. The van der Waals surface area contributed by atoms with Crippen molar-refractivity contribution < 1.29 is 4.21 Å². The average molecular weight is 279 g/mol. The first kappa shape index (κ1) is 14.7. The van der Waals surface area contributed by atoms with Gasteiger partial charge in [-0.2, -0.15) is 0 Å². The molecule has 1 N–H and O–H groups in total. The van der Waals surface area contributed by atoms with E-state index in [1.807, 2.05) is 19.2 Å². The molecule has 0 heterocycles. The van der Waals surface area contributed by atoms with Gasteiger partial charge in [-0.1, -0.05) is 38.1 Å². The SMILES string of the molecule is CNC1C(S(=O)Cc2ccccc2C)CCC1(C)C. The third kappa shape index (κ3) is 3.09. The van der Waals surface area contributed by atoms with Crippen LogP contribution in [0.4, 0.5) is 0 Å². The molecule has 1 aromatic carbocycles. The molecule has 1 aliphatic carbocycles. The normalized spacial score (nSPS) is 27.4. The maximum Gasteiger partial charge on any atom is 0.0509 e. The van der Waals surface area contributed by atoms with Gasteiger partial charge >= 0.3 is 0 Å². The highest BCUT2D eigenvalue weighted by atomic mass is 32.2. The molecular weight excluding hydrogens is 254 g/mol. The summed E-state index contributed by atoms with van der Waals surface area (Å²) in [5.74, 6) is 0.686. The van der Waals surface area contributed by atoms with Crippen LogP contribution < -0.4 is 5.32 Å². The lowest BCUT2D eigenvalue weighted by atomic mass is 9.87. The standard InChI is InChI=1S/C16H25NOS/c1-12-7-5-6-8-13(12)11-19(18)14-9-10-16(2,3)15(14)17-4/h5-8,14-15,17H,9-11H2,1-4H3. The number of benzene rings is 1. The zero-order chi connectivity index (χ0) is 14.0. The monoisotopic (exact) mass is 279 g/mol. The van der Waals surface area contributed by atoms with E-state index in [9.17, 15) is 4.21 Å². The fraction of sp³-hybridized carbons (Fsp3) is 0.625. The smallest absolute Gasteiger partial charge is 0.0509 e. The Morgan fingerprint density at radius 1 is 1.37 bits per heavy atom. The quantitative estimate of drug-likeness (QED) is 0.918. The van der Waals surface area contributed by atoms with Crippen LogP contribution in [-0.2, 0) is 16.6 Å². The van der Waals surface area contributed by atoms with Crippen molar-refractivity contribution in [3.8, 4) is 0 Å². The minimum Gasteiger partial charge on any atom is -0.315 e. The molecule has 3 atom stereocenters. The second kappa shape index (κ2) is 5.76. The van der Waals surface area contributed by atoms with Crippen LogP contribution in [0.1, 0.15) is 37.8 Å². The molecule has 0 saturated heterocycles. The van der Waals surface area contributed by atoms with Crippen molar-refractivity contribution in [2.24, 2.45) is 5.41 Å². The summed E-state index contributed by atoms with van der Waals surface area (Å²) in [7, 11) is 1.20. The van der Waals surface area contributed by atoms with Gasteiger partial charge < -0.3 is 5.32 Å². The lowest BCUT2D eigenvalue weighted by molar-refractivity contribution is 0.299. The predicted octanol–water partition coefficient (Wildman–Crippen LogP) is 3.02. The zero-order valence-electron chi connectivity index (χ0n) is 12.4. The van der Waals surface area contributed by atoms with Crippen LogP contribution in [0, 0.1) is 12.3 Å². The summed E-state index contributed by atoms with van der Waals surface area (Å²) in [6.45, 7) is 6.65. The molecule has 0 spiro atoms. The molecular formula is C16H25NOS. The van der Waals surface area contributed by atoms with Gasteiger partial charge in [0.25, 0.3) is 0 Å². The molecule has 1 fully saturated rings. The summed E-state index contributed by atoms with van der Waals surface area (Å²) < 4.78 is 12.7. The van der Waals surface area contributed by atoms with Crippen molar-refractivity contribution in [2.75, 3.05) is 7.05 Å². The van der Waals surface area contributed by atoms with Gasteiger partial charge in [-0.3, -0.25) is 4.21 Å². The molecule has 19 heavy (non-hydrogen) atoms. The minimum absolute atomic E-state index is 0.251. The Morgan fingerprint density at radius 3 is 2.68 bits per heavy atom. The fourth-order valence-corrected chi connectivity index (χ4v) is 5.27. The van der Waals surface area contributed by atoms with Crippen LogP contribution >= 0.6 is 0 Å². The van der Waals surface area contributed by atoms with Gasteiger partial charge in [0.15, 0.2) is 0 Å². The fourth-order valence-electron chi connectivity index (χ4n) is 3.23. The van der Waals surface area contributed by atoms with Crippen LogP contribution in [0.3, 0.4) is 0 Å². The van der Waals surface area contributed by atoms with E-state index in [1.165, 1.54) is 11.1 Å². The first-order chi connectivity index (χ1) is 8.95. The molecule has 3 heteroatoms. The maximum absolute atomic E-state index is 12.7. The van der Waals surface area contributed by atoms with E-state index in [-0.39, 0.29) is 10.7 Å². The first-order valence-corrected chi connectivity index (χ1v) is 8.43. The molecule has 0 radical (unpaired) electrons. The van der Waals surface area contributed by atoms with E-state index in [1.54, 1.807) is 0 Å². The Balaban J connectivity index is 2.11. The molecule has 1 aromatic rings. The van der Waals surface area contributed by atoms with Crippen molar-refractivity contribution in [3.63, 3.8) is 0 Å². The highest BCUT2D eigenvalue weighted by Gasteiger charge is 2.43. The number of aryl methyl sites for hydroxylation is 1. The van der Waals surface area contributed by atoms with Crippen molar-refractivity contribution in [2.45, 2.75) is 50.7 Å². The van der Waals surface area contributed by atoms with Gasteiger partial charge in [-0.05, 0) is 43.4 Å². The summed E-state index contributed by atoms with van der Waals surface area (Å²) in [4.78, 5) is 0. The molecule has 3 unspecified atom stereocenters. The second-order valence-electron chi connectivity index (χ2n) is 6.28. The summed E-state index contributed by atoms with van der Waals surface area (Å²) in [6, 6.07) is 8.63. The van der Waals surface area contributed by atoms with Gasteiger partial charge in [0.2, 0.25) is 0 Å². The van der Waals surface area contributed by atoms with Crippen LogP contribution in [-0.4, -0.2) is 22.5 Å². The maximum atomic E-state index is 12.7. The van der Waals surface area contributed by atoms with E-state index in [2.05, 4.69) is 38.2 Å². The van der Waals surface area contributed by atoms with Gasteiger partial charge in [-0.15, -0.1) is 0 Å². The summed E-state index contributed by atoms with van der Waals surface area (Å²) in [5.41, 5.74) is 2.72. The highest BCUT2D eigenvalue weighted by Crippen LogP contribution is 2.40. The van der Waals surface area contributed by atoms with Crippen LogP contribution in [0.15, 0.2) is 24.3 Å². The lowest BCUT2D eigenvalue weighted by Crippen LogP contribution is -2.44. The topological polar surface area (TPSA) is 29.1 Å². The molecule has 2 nitrogen and oxygen atoms in total. The Morgan fingerprint density at radius 2 is 2.05 bits per heavy atom. The van der Waals surface area contributed by atoms with E-state index >= 15 is 0 Å². The minimum atomic E-state index is -0.796. The van der Waals surface area contributed by atoms with Gasteiger partial charge in [0, 0.05) is 22.6 Å². The zero-order valence-corrected chi connectivity index (χ0v) is 13.2. The number of hydrogen-bond donors (Lipinski definition) is 1. The number of nitrogens with one attached hydrogen (secondary N) is 1. The van der Waals surface area contributed by atoms with Gasteiger partial charge in [-0.25, -0.2) is 0 Å². The average Bonchev–Trinajstić information content (AvgIpc) is 2.67. The number of hydrogen-bond acceptors (Lipinski definition) is 2. The Labute approximate surface area is 119 Å².